The van der Waals surface area contributed by atoms with E-state index in [0.29, 0.717) is 25.6 Å². The Bertz CT molecular complexity index is 1040. The number of carbonyl (C=O) groups excluding carboxylic acids is 1. The predicted octanol–water partition coefficient (Wildman–Crippen LogP) is 3.72. The first-order chi connectivity index (χ1) is 14.6. The minimum absolute atomic E-state index is 0.0619. The van der Waals surface area contributed by atoms with Crippen LogP contribution in [0.1, 0.15) is 24.2 Å². The molecule has 1 amide bonds. The minimum Gasteiger partial charge on any atom is -0.369 e. The molecular formula is C22H27ClFN3O3S. The highest BCUT2D eigenvalue weighted by molar-refractivity contribution is 7.89. The standard InChI is InChI=1S/C22H27ClFN3O3S/c1-16(2)15-25(3)22(28)17-4-9-20(23)21(14-17)31(29,30)27-12-10-26(11-13-27)19-7-5-18(24)6-8-19/h4-9,14,16H,10-13,15H2,1-3H3. The van der Waals surface area contributed by atoms with Gasteiger partial charge in [-0.15, -0.1) is 0 Å². The van der Waals surface area contributed by atoms with E-state index in [1.165, 1.54) is 28.6 Å². The normalized spacial score (nSPS) is 15.4. The lowest BCUT2D eigenvalue weighted by Gasteiger charge is -2.35. The molecular weight excluding hydrogens is 441 g/mol. The van der Waals surface area contributed by atoms with E-state index in [-0.39, 0.29) is 40.3 Å². The molecule has 2 aromatic carbocycles. The number of nitrogens with zero attached hydrogens (tertiary/aromatic N) is 3. The van der Waals surface area contributed by atoms with Crippen LogP contribution in [-0.4, -0.2) is 63.3 Å². The lowest BCUT2D eigenvalue weighted by Crippen LogP contribution is -2.48. The molecule has 0 unspecified atom stereocenters. The van der Waals surface area contributed by atoms with E-state index in [0.717, 1.165) is 5.69 Å². The van der Waals surface area contributed by atoms with E-state index in [2.05, 4.69) is 0 Å². The molecule has 0 aromatic heterocycles. The molecule has 0 radical (unpaired) electrons. The molecule has 0 spiro atoms. The molecule has 168 valence electrons. The van der Waals surface area contributed by atoms with Crippen molar-refractivity contribution in [2.24, 2.45) is 5.92 Å². The topological polar surface area (TPSA) is 60.9 Å². The van der Waals surface area contributed by atoms with Crippen LogP contribution in [0.3, 0.4) is 0 Å². The molecule has 9 heteroatoms. The number of hydrogen-bond donors (Lipinski definition) is 0. The van der Waals surface area contributed by atoms with Crippen molar-refractivity contribution in [3.05, 3.63) is 58.9 Å². The van der Waals surface area contributed by atoms with Gasteiger partial charge >= 0.3 is 0 Å². The maximum atomic E-state index is 13.3. The van der Waals surface area contributed by atoms with Crippen molar-refractivity contribution in [3.8, 4) is 0 Å². The zero-order valence-corrected chi connectivity index (χ0v) is 19.5. The third kappa shape index (κ3) is 5.37. The van der Waals surface area contributed by atoms with Gasteiger partial charge in [0.05, 0.1) is 5.02 Å². The van der Waals surface area contributed by atoms with Crippen LogP contribution in [0.5, 0.6) is 0 Å². The first-order valence-electron chi connectivity index (χ1n) is 10.2. The van der Waals surface area contributed by atoms with Crippen molar-refractivity contribution in [1.82, 2.24) is 9.21 Å². The third-order valence-electron chi connectivity index (χ3n) is 5.21. The number of amides is 1. The summed E-state index contributed by atoms with van der Waals surface area (Å²) in [6.07, 6.45) is 0. The van der Waals surface area contributed by atoms with Gasteiger partial charge in [0, 0.05) is 51.0 Å². The highest BCUT2D eigenvalue weighted by Crippen LogP contribution is 2.28. The molecule has 0 N–H and O–H groups in total. The zero-order valence-electron chi connectivity index (χ0n) is 17.9. The molecule has 6 nitrogen and oxygen atoms in total. The average Bonchev–Trinajstić information content (AvgIpc) is 2.73. The number of rotatable bonds is 6. The van der Waals surface area contributed by atoms with E-state index in [1.54, 1.807) is 30.1 Å². The van der Waals surface area contributed by atoms with Gasteiger partial charge < -0.3 is 9.80 Å². The summed E-state index contributed by atoms with van der Waals surface area (Å²) >= 11 is 6.23. The van der Waals surface area contributed by atoms with E-state index in [1.807, 2.05) is 18.7 Å². The summed E-state index contributed by atoms with van der Waals surface area (Å²) in [5.74, 6) is -0.266. The van der Waals surface area contributed by atoms with Gasteiger partial charge in [0.1, 0.15) is 10.7 Å². The Labute approximate surface area is 188 Å². The lowest BCUT2D eigenvalue weighted by molar-refractivity contribution is 0.0779. The molecule has 0 saturated carbocycles. The van der Waals surface area contributed by atoms with Crippen LogP contribution >= 0.6 is 11.6 Å². The van der Waals surface area contributed by atoms with Crippen molar-refractivity contribution in [1.29, 1.82) is 0 Å². The lowest BCUT2D eigenvalue weighted by atomic mass is 10.1. The summed E-state index contributed by atoms with van der Waals surface area (Å²) in [7, 11) is -2.17. The molecule has 0 atom stereocenters. The van der Waals surface area contributed by atoms with E-state index in [9.17, 15) is 17.6 Å². The Morgan fingerprint density at radius 2 is 1.71 bits per heavy atom. The Kier molecular flexibility index (Phi) is 7.24. The molecule has 1 aliphatic heterocycles. The fourth-order valence-corrected chi connectivity index (χ4v) is 5.59. The molecule has 31 heavy (non-hydrogen) atoms. The number of piperazine rings is 1. The van der Waals surface area contributed by atoms with Gasteiger partial charge in [0.2, 0.25) is 10.0 Å². The van der Waals surface area contributed by atoms with Crippen LogP contribution in [0.2, 0.25) is 5.02 Å². The van der Waals surface area contributed by atoms with Gasteiger partial charge in [-0.3, -0.25) is 4.79 Å². The van der Waals surface area contributed by atoms with Crippen molar-refractivity contribution >= 4 is 33.2 Å². The number of carbonyl (C=O) groups is 1. The zero-order chi connectivity index (χ0) is 22.8. The summed E-state index contributed by atoms with van der Waals surface area (Å²) in [6.45, 7) is 6.05. The van der Waals surface area contributed by atoms with Gasteiger partial charge in [-0.25, -0.2) is 12.8 Å². The van der Waals surface area contributed by atoms with Gasteiger partial charge in [0.15, 0.2) is 0 Å². The van der Waals surface area contributed by atoms with Crippen molar-refractivity contribution in [3.63, 3.8) is 0 Å². The molecule has 1 aliphatic rings. The Morgan fingerprint density at radius 3 is 2.29 bits per heavy atom. The first-order valence-corrected chi connectivity index (χ1v) is 12.0. The Hall–Kier alpha value is -2.16. The number of halogens is 2. The first kappa shape index (κ1) is 23.5. The summed E-state index contributed by atoms with van der Waals surface area (Å²) < 4.78 is 41.1. The van der Waals surface area contributed by atoms with Crippen LogP contribution < -0.4 is 4.90 Å². The number of sulfonamides is 1. The van der Waals surface area contributed by atoms with Gasteiger partial charge in [-0.1, -0.05) is 25.4 Å². The second-order valence-electron chi connectivity index (χ2n) is 8.09. The largest absolute Gasteiger partial charge is 0.369 e. The fraction of sp³-hybridized carbons (Fsp3) is 0.409. The second kappa shape index (κ2) is 9.54. The van der Waals surface area contributed by atoms with Gasteiger partial charge in [-0.05, 0) is 48.4 Å². The summed E-state index contributed by atoms with van der Waals surface area (Å²) in [5, 5.41) is 0.0871. The molecule has 1 heterocycles. The van der Waals surface area contributed by atoms with Crippen LogP contribution in [0.25, 0.3) is 0 Å². The van der Waals surface area contributed by atoms with Crippen LogP contribution in [0.4, 0.5) is 10.1 Å². The smallest absolute Gasteiger partial charge is 0.253 e. The van der Waals surface area contributed by atoms with E-state index < -0.39 is 10.0 Å². The maximum absolute atomic E-state index is 13.3. The summed E-state index contributed by atoms with van der Waals surface area (Å²) in [4.78, 5) is 16.2. The number of benzene rings is 2. The van der Waals surface area contributed by atoms with Crippen LogP contribution in [-0.2, 0) is 10.0 Å². The van der Waals surface area contributed by atoms with Gasteiger partial charge in [-0.2, -0.15) is 4.31 Å². The van der Waals surface area contributed by atoms with Crippen molar-refractivity contribution in [2.75, 3.05) is 44.7 Å². The minimum atomic E-state index is -3.87. The number of anilines is 1. The molecule has 1 fully saturated rings. The average molecular weight is 468 g/mol. The van der Waals surface area contributed by atoms with E-state index in [4.69, 9.17) is 11.6 Å². The molecule has 1 saturated heterocycles. The summed E-state index contributed by atoms with van der Waals surface area (Å²) in [5.41, 5.74) is 1.13. The predicted molar refractivity (Wildman–Crippen MR) is 121 cm³/mol. The van der Waals surface area contributed by atoms with Gasteiger partial charge in [0.25, 0.3) is 5.91 Å². The summed E-state index contributed by atoms with van der Waals surface area (Å²) in [6, 6.07) is 10.5. The maximum Gasteiger partial charge on any atom is 0.253 e. The van der Waals surface area contributed by atoms with Crippen molar-refractivity contribution < 1.29 is 17.6 Å². The molecule has 2 aromatic rings. The molecule has 3 rings (SSSR count). The van der Waals surface area contributed by atoms with Crippen LogP contribution in [0, 0.1) is 11.7 Å². The quantitative estimate of drug-likeness (QED) is 0.649. The fourth-order valence-electron chi connectivity index (χ4n) is 3.66. The second-order valence-corrected chi connectivity index (χ2v) is 10.4. The molecule has 0 aliphatic carbocycles. The molecule has 0 bridgehead atoms. The Balaban J connectivity index is 1.77. The third-order valence-corrected chi connectivity index (χ3v) is 7.59. The van der Waals surface area contributed by atoms with Crippen LogP contribution in [0.15, 0.2) is 47.4 Å². The highest BCUT2D eigenvalue weighted by Gasteiger charge is 2.31. The Morgan fingerprint density at radius 1 is 1.10 bits per heavy atom. The monoisotopic (exact) mass is 467 g/mol. The highest BCUT2D eigenvalue weighted by atomic mass is 35.5. The van der Waals surface area contributed by atoms with Crippen molar-refractivity contribution in [2.45, 2.75) is 18.7 Å². The number of hydrogen-bond acceptors (Lipinski definition) is 4. The van der Waals surface area contributed by atoms with E-state index >= 15 is 0 Å². The SMILES string of the molecule is CC(C)CN(C)C(=O)c1ccc(Cl)c(S(=O)(=O)N2CCN(c3ccc(F)cc3)CC2)c1.